The molecule has 0 aromatic carbocycles. The van der Waals surface area contributed by atoms with Gasteiger partial charge in [0.25, 0.3) is 0 Å². The third-order valence-electron chi connectivity index (χ3n) is 2.08. The minimum atomic E-state index is -0.479. The van der Waals surface area contributed by atoms with Crippen LogP contribution in [-0.2, 0) is 11.3 Å². The predicted octanol–water partition coefficient (Wildman–Crippen LogP) is 4.35. The number of amides is 1. The van der Waals surface area contributed by atoms with Gasteiger partial charge in [0.05, 0.1) is 12.7 Å². The number of rotatable bonds is 4. The van der Waals surface area contributed by atoms with Crippen LogP contribution in [0.3, 0.4) is 0 Å². The number of H-pyrrole nitrogens is 1. The van der Waals surface area contributed by atoms with Crippen LogP contribution in [0.15, 0.2) is 10.8 Å². The first kappa shape index (κ1) is 19.0. The molecule has 0 saturated carbocycles. The molecule has 0 bridgehead atoms. The van der Waals surface area contributed by atoms with E-state index >= 15 is 0 Å². The topological polar surface area (TPSA) is 58.2 Å². The van der Waals surface area contributed by atoms with Crippen LogP contribution in [0.2, 0.25) is 0 Å². The monoisotopic (exact) mass is 347 g/mol. The molecule has 0 radical (unpaired) electrons. The summed E-state index contributed by atoms with van der Waals surface area (Å²) in [6.45, 7) is 12.7. The summed E-state index contributed by atoms with van der Waals surface area (Å²) in [5.41, 5.74) is -0.479. The van der Waals surface area contributed by atoms with Crippen LogP contribution in [0.25, 0.3) is 0 Å². The zero-order valence-corrected chi connectivity index (χ0v) is 14.9. The highest BCUT2D eigenvalue weighted by Gasteiger charge is 2.22. The van der Waals surface area contributed by atoms with Crippen molar-refractivity contribution in [2.75, 3.05) is 6.54 Å². The van der Waals surface area contributed by atoms with Gasteiger partial charge in [-0.05, 0) is 43.1 Å². The molecule has 0 atom stereocenters. The number of halogens is 1. The third kappa shape index (κ3) is 7.53. The van der Waals surface area contributed by atoms with Crippen LogP contribution in [0.5, 0.6) is 0 Å². The number of hydrogen-bond donors (Lipinski definition) is 1. The summed E-state index contributed by atoms with van der Waals surface area (Å²) in [4.78, 5) is 20.9. The Morgan fingerprint density at radius 3 is 2.45 bits per heavy atom. The molecule has 0 unspecified atom stereocenters. The van der Waals surface area contributed by atoms with Gasteiger partial charge in [-0.3, -0.25) is 0 Å². The molecule has 1 heterocycles. The second kappa shape index (κ2) is 9.00. The normalized spacial score (nSPS) is 10.6. The summed E-state index contributed by atoms with van der Waals surface area (Å²) in [6, 6.07) is 0. The number of imidazole rings is 1. The van der Waals surface area contributed by atoms with E-state index in [1.165, 1.54) is 0 Å². The Kier molecular flexibility index (Phi) is 8.53. The summed E-state index contributed by atoms with van der Waals surface area (Å²) >= 11 is 3.29. The number of hydrogen-bond acceptors (Lipinski definition) is 3. The third-order valence-corrected chi connectivity index (χ3v) is 2.49. The smallest absolute Gasteiger partial charge is 0.410 e. The molecule has 5 nitrogen and oxygen atoms in total. The van der Waals surface area contributed by atoms with Crippen LogP contribution in [0.4, 0.5) is 4.79 Å². The highest BCUT2D eigenvalue weighted by molar-refractivity contribution is 9.10. The van der Waals surface area contributed by atoms with E-state index in [1.807, 2.05) is 41.5 Å². The molecule has 6 heteroatoms. The van der Waals surface area contributed by atoms with Crippen LogP contribution in [0.1, 0.15) is 53.8 Å². The lowest BCUT2D eigenvalue weighted by molar-refractivity contribution is 0.0229. The van der Waals surface area contributed by atoms with E-state index in [1.54, 1.807) is 11.1 Å². The first-order valence-electron chi connectivity index (χ1n) is 6.99. The van der Waals surface area contributed by atoms with Crippen LogP contribution < -0.4 is 0 Å². The molecular weight excluding hydrogens is 322 g/mol. The second-order valence-corrected chi connectivity index (χ2v) is 5.93. The fourth-order valence-electron chi connectivity index (χ4n) is 1.43. The van der Waals surface area contributed by atoms with Gasteiger partial charge in [0, 0.05) is 6.54 Å². The Bertz CT molecular complexity index is 399. The van der Waals surface area contributed by atoms with Crippen molar-refractivity contribution in [2.45, 2.75) is 60.1 Å². The van der Waals surface area contributed by atoms with Gasteiger partial charge in [-0.15, -0.1) is 0 Å². The molecule has 116 valence electrons. The number of ether oxygens (including phenoxy) is 1. The molecule has 1 amide bonds. The van der Waals surface area contributed by atoms with E-state index in [0.29, 0.717) is 13.1 Å². The van der Waals surface area contributed by atoms with Gasteiger partial charge < -0.3 is 14.6 Å². The molecule has 1 aromatic rings. The van der Waals surface area contributed by atoms with Crippen molar-refractivity contribution < 1.29 is 9.53 Å². The fraction of sp³-hybridized carbons (Fsp3) is 0.714. The number of nitrogens with zero attached hydrogens (tertiary/aromatic N) is 2. The molecule has 0 fully saturated rings. The van der Waals surface area contributed by atoms with Crippen molar-refractivity contribution in [2.24, 2.45) is 0 Å². The Balaban J connectivity index is 0.00000172. The van der Waals surface area contributed by atoms with Crippen molar-refractivity contribution in [1.29, 1.82) is 0 Å². The van der Waals surface area contributed by atoms with E-state index < -0.39 is 5.60 Å². The van der Waals surface area contributed by atoms with Gasteiger partial charge in [-0.2, -0.15) is 0 Å². The minimum Gasteiger partial charge on any atom is -0.444 e. The van der Waals surface area contributed by atoms with Crippen molar-refractivity contribution in [1.82, 2.24) is 14.9 Å². The maximum atomic E-state index is 12.0. The van der Waals surface area contributed by atoms with Gasteiger partial charge in [-0.25, -0.2) is 9.78 Å². The molecule has 1 N–H and O–H groups in total. The number of nitrogens with one attached hydrogen (secondary N) is 1. The summed E-state index contributed by atoms with van der Waals surface area (Å²) in [5.74, 6) is 0.737. The largest absolute Gasteiger partial charge is 0.444 e. The maximum Gasteiger partial charge on any atom is 0.410 e. The number of carbonyl (C=O) groups excluding carboxylic acids is 1. The molecular formula is C14H26BrN3O2. The Labute approximate surface area is 130 Å². The van der Waals surface area contributed by atoms with E-state index in [4.69, 9.17) is 4.74 Å². The summed E-state index contributed by atoms with van der Waals surface area (Å²) in [6.07, 6.45) is 2.24. The molecule has 20 heavy (non-hydrogen) atoms. The van der Waals surface area contributed by atoms with E-state index in [9.17, 15) is 4.79 Å². The first-order valence-corrected chi connectivity index (χ1v) is 7.78. The van der Waals surface area contributed by atoms with Crippen molar-refractivity contribution in [3.05, 3.63) is 16.6 Å². The van der Waals surface area contributed by atoms with E-state index in [0.717, 1.165) is 16.8 Å². The zero-order valence-electron chi connectivity index (χ0n) is 13.3. The van der Waals surface area contributed by atoms with Gasteiger partial charge >= 0.3 is 6.09 Å². The lowest BCUT2D eigenvalue weighted by Crippen LogP contribution is -2.37. The quantitative estimate of drug-likeness (QED) is 0.880. The van der Waals surface area contributed by atoms with E-state index in [-0.39, 0.29) is 6.09 Å². The lowest BCUT2D eigenvalue weighted by atomic mass is 10.2. The second-order valence-electron chi connectivity index (χ2n) is 5.08. The number of aromatic nitrogens is 2. The molecule has 0 spiro atoms. The van der Waals surface area contributed by atoms with Crippen LogP contribution in [-0.4, -0.2) is 33.1 Å². The lowest BCUT2D eigenvalue weighted by Gasteiger charge is -2.26. The highest BCUT2D eigenvalue weighted by atomic mass is 79.9. The predicted molar refractivity (Wildman–Crippen MR) is 84.6 cm³/mol. The molecule has 0 saturated heterocycles. The molecule has 1 aromatic heterocycles. The Morgan fingerprint density at radius 1 is 1.45 bits per heavy atom. The minimum absolute atomic E-state index is 0.308. The van der Waals surface area contributed by atoms with Gasteiger partial charge in [0.2, 0.25) is 0 Å². The van der Waals surface area contributed by atoms with Crippen LogP contribution >= 0.6 is 15.9 Å². The highest BCUT2D eigenvalue weighted by Crippen LogP contribution is 2.13. The Hall–Kier alpha value is -1.04. The standard InChI is InChI=1S/C12H20BrN3O2.C2H6/c1-5-6-16(11(17)18-12(2,3)4)8-10-14-7-9(13)15-10;1-2/h7H,5-6,8H2,1-4H3,(H,14,15);1-2H3. The number of aromatic amines is 1. The summed E-state index contributed by atoms with van der Waals surface area (Å²) < 4.78 is 6.17. The fourth-order valence-corrected chi connectivity index (χ4v) is 1.76. The molecule has 0 aliphatic heterocycles. The average Bonchev–Trinajstić information content (AvgIpc) is 2.75. The summed E-state index contributed by atoms with van der Waals surface area (Å²) in [5, 5.41) is 0. The molecule has 0 aliphatic rings. The van der Waals surface area contributed by atoms with E-state index in [2.05, 4.69) is 25.9 Å². The van der Waals surface area contributed by atoms with Gasteiger partial charge in [0.1, 0.15) is 16.0 Å². The SMILES string of the molecule is CC.CCCN(Cc1ncc(Br)[nH]1)C(=O)OC(C)(C)C. The first-order chi connectivity index (χ1) is 9.31. The molecule has 0 aliphatic carbocycles. The number of carbonyl (C=O) groups is 1. The van der Waals surface area contributed by atoms with Crippen LogP contribution in [0, 0.1) is 0 Å². The maximum absolute atomic E-state index is 12.0. The van der Waals surface area contributed by atoms with Crippen molar-refractivity contribution in [3.8, 4) is 0 Å². The summed E-state index contributed by atoms with van der Waals surface area (Å²) in [7, 11) is 0. The van der Waals surface area contributed by atoms with Crippen molar-refractivity contribution in [3.63, 3.8) is 0 Å². The zero-order chi connectivity index (χ0) is 15.8. The molecule has 1 rings (SSSR count). The average molecular weight is 348 g/mol. The Morgan fingerprint density at radius 2 is 2.05 bits per heavy atom. The van der Waals surface area contributed by atoms with Gasteiger partial charge in [0.15, 0.2) is 0 Å². The van der Waals surface area contributed by atoms with Crippen molar-refractivity contribution >= 4 is 22.0 Å². The van der Waals surface area contributed by atoms with Gasteiger partial charge in [-0.1, -0.05) is 20.8 Å².